The fourth-order valence-corrected chi connectivity index (χ4v) is 3.02. The van der Waals surface area contributed by atoms with Crippen LogP contribution in [0.4, 0.5) is 11.5 Å². The molecule has 130 valence electrons. The highest BCUT2D eigenvalue weighted by molar-refractivity contribution is 6.30. The molecule has 6 heteroatoms. The van der Waals surface area contributed by atoms with Crippen LogP contribution in [0.3, 0.4) is 0 Å². The van der Waals surface area contributed by atoms with Crippen molar-refractivity contribution in [2.24, 2.45) is 0 Å². The molecule has 3 rings (SSSR count). The first-order chi connectivity index (χ1) is 12.2. The van der Waals surface area contributed by atoms with Crippen molar-refractivity contribution < 1.29 is 14.5 Å². The number of pyridine rings is 1. The number of halogens is 1. The summed E-state index contributed by atoms with van der Waals surface area (Å²) in [5.41, 5.74) is 1.65. The average molecular weight is 359 g/mol. The van der Waals surface area contributed by atoms with Crippen LogP contribution in [0.2, 0.25) is 5.02 Å². The van der Waals surface area contributed by atoms with Gasteiger partial charge < -0.3 is 9.64 Å². The van der Waals surface area contributed by atoms with Crippen molar-refractivity contribution in [3.63, 3.8) is 0 Å². The summed E-state index contributed by atoms with van der Waals surface area (Å²) in [6.45, 7) is 7.36. The van der Waals surface area contributed by atoms with Crippen LogP contribution >= 0.6 is 11.6 Å². The van der Waals surface area contributed by atoms with Crippen molar-refractivity contribution in [3.8, 4) is 0 Å². The largest absolute Gasteiger partial charge is 0.458 e. The standard InChI is InChI=1S/C19H20ClN3O2/c1-2-12-25-19(24)15-6-7-18(21-14-15)23-10-8-22(9-11-23)17-5-3-4-16(20)13-17/h2-7,13-14H,1,8-12H2/p+1. The van der Waals surface area contributed by atoms with Crippen molar-refractivity contribution in [3.05, 3.63) is 65.8 Å². The molecule has 1 aromatic heterocycles. The molecule has 1 aliphatic rings. The van der Waals surface area contributed by atoms with Crippen LogP contribution in [-0.2, 0) is 4.74 Å². The average Bonchev–Trinajstić information content (AvgIpc) is 2.66. The number of rotatable bonds is 5. The topological polar surface area (TPSA) is 46.9 Å². The van der Waals surface area contributed by atoms with Gasteiger partial charge in [-0.2, -0.15) is 0 Å². The molecule has 0 saturated carbocycles. The van der Waals surface area contributed by atoms with E-state index in [1.807, 2.05) is 24.3 Å². The second-order valence-corrected chi connectivity index (χ2v) is 6.24. The summed E-state index contributed by atoms with van der Waals surface area (Å²) < 4.78 is 5.03. The van der Waals surface area contributed by atoms with Crippen LogP contribution in [0.5, 0.6) is 0 Å². The lowest BCUT2D eigenvalue weighted by molar-refractivity contribution is -0.364. The first-order valence-electron chi connectivity index (χ1n) is 8.22. The lowest BCUT2D eigenvalue weighted by Crippen LogP contribution is -2.48. The van der Waals surface area contributed by atoms with Crippen molar-refractivity contribution in [1.82, 2.24) is 0 Å². The number of carbonyl (C=O) groups is 1. The van der Waals surface area contributed by atoms with Gasteiger partial charge in [0.2, 0.25) is 0 Å². The quantitative estimate of drug-likeness (QED) is 0.609. The molecule has 1 aromatic carbocycles. The number of benzene rings is 1. The molecule has 0 atom stereocenters. The summed E-state index contributed by atoms with van der Waals surface area (Å²) in [4.78, 5) is 19.6. The van der Waals surface area contributed by atoms with Gasteiger partial charge in [0.1, 0.15) is 25.9 Å². The summed E-state index contributed by atoms with van der Waals surface area (Å²) >= 11 is 6.08. The minimum absolute atomic E-state index is 0.214. The number of aromatic nitrogens is 1. The zero-order valence-electron chi connectivity index (χ0n) is 14.0. The van der Waals surface area contributed by atoms with Gasteiger partial charge in [-0.3, -0.25) is 4.90 Å². The van der Waals surface area contributed by atoms with Gasteiger partial charge in [-0.05, 0) is 24.3 Å². The molecule has 0 bridgehead atoms. The van der Waals surface area contributed by atoms with Gasteiger partial charge >= 0.3 is 5.97 Å². The Morgan fingerprint density at radius 3 is 2.60 bits per heavy atom. The highest BCUT2D eigenvalue weighted by Gasteiger charge is 2.24. The number of carbonyl (C=O) groups excluding carboxylic acids is 1. The Balaban J connectivity index is 1.59. The maximum atomic E-state index is 11.8. The SMILES string of the molecule is C=CCOC(=O)c1ccc(N2CCN(c3cccc(Cl)c3)CC2)[nH+]c1. The number of ether oxygens (including phenoxy) is 1. The minimum atomic E-state index is -0.353. The fraction of sp³-hybridized carbons (Fsp3) is 0.263. The third-order valence-electron chi connectivity index (χ3n) is 4.16. The first kappa shape index (κ1) is 17.3. The summed E-state index contributed by atoms with van der Waals surface area (Å²) in [7, 11) is 0. The summed E-state index contributed by atoms with van der Waals surface area (Å²) in [6, 6.07) is 11.6. The van der Waals surface area contributed by atoms with Gasteiger partial charge in [-0.25, -0.2) is 9.78 Å². The second-order valence-electron chi connectivity index (χ2n) is 5.80. The van der Waals surface area contributed by atoms with Crippen LogP contribution < -0.4 is 14.8 Å². The smallest absolute Gasteiger partial charge is 0.342 e. The highest BCUT2D eigenvalue weighted by atomic mass is 35.5. The lowest BCUT2D eigenvalue weighted by atomic mass is 10.2. The molecule has 0 aliphatic carbocycles. The Kier molecular flexibility index (Phi) is 5.56. The van der Waals surface area contributed by atoms with Gasteiger partial charge in [0, 0.05) is 16.8 Å². The molecule has 2 aromatic rings. The lowest BCUT2D eigenvalue weighted by Gasteiger charge is -2.32. The number of nitrogens with one attached hydrogen (secondary N) is 1. The molecular weight excluding hydrogens is 338 g/mol. The van der Waals surface area contributed by atoms with E-state index in [0.29, 0.717) is 5.56 Å². The minimum Gasteiger partial charge on any atom is -0.458 e. The van der Waals surface area contributed by atoms with E-state index in [9.17, 15) is 4.79 Å². The first-order valence-corrected chi connectivity index (χ1v) is 8.60. The Hall–Kier alpha value is -2.53. The number of anilines is 2. The highest BCUT2D eigenvalue weighted by Crippen LogP contribution is 2.21. The Bertz CT molecular complexity index is 741. The van der Waals surface area contributed by atoms with E-state index in [4.69, 9.17) is 16.3 Å². The van der Waals surface area contributed by atoms with Crippen LogP contribution in [0.1, 0.15) is 10.4 Å². The van der Waals surface area contributed by atoms with Gasteiger partial charge in [0.25, 0.3) is 5.82 Å². The van der Waals surface area contributed by atoms with Crippen LogP contribution in [0, 0.1) is 0 Å². The molecule has 0 spiro atoms. The van der Waals surface area contributed by atoms with E-state index in [1.165, 1.54) is 0 Å². The molecule has 1 fully saturated rings. The Morgan fingerprint density at radius 1 is 1.20 bits per heavy atom. The molecule has 1 aliphatic heterocycles. The van der Waals surface area contributed by atoms with Crippen molar-refractivity contribution in [2.75, 3.05) is 42.6 Å². The van der Waals surface area contributed by atoms with Crippen LogP contribution in [0.15, 0.2) is 55.3 Å². The molecule has 1 N–H and O–H groups in total. The number of H-pyrrole nitrogens is 1. The van der Waals surface area contributed by atoms with E-state index in [0.717, 1.165) is 42.7 Å². The maximum absolute atomic E-state index is 11.8. The molecule has 0 radical (unpaired) electrons. The predicted molar refractivity (Wildman–Crippen MR) is 99.4 cm³/mol. The molecule has 1 saturated heterocycles. The summed E-state index contributed by atoms with van der Waals surface area (Å²) in [6.07, 6.45) is 3.24. The monoisotopic (exact) mass is 358 g/mol. The van der Waals surface area contributed by atoms with Gasteiger partial charge in [-0.15, -0.1) is 0 Å². The third-order valence-corrected chi connectivity index (χ3v) is 4.39. The zero-order valence-corrected chi connectivity index (χ0v) is 14.7. The number of esters is 1. The van der Waals surface area contributed by atoms with E-state index in [1.54, 1.807) is 18.3 Å². The molecule has 25 heavy (non-hydrogen) atoms. The molecule has 2 heterocycles. The normalized spacial score (nSPS) is 14.3. The van der Waals surface area contributed by atoms with Crippen LogP contribution in [0.25, 0.3) is 0 Å². The maximum Gasteiger partial charge on any atom is 0.342 e. The molecule has 5 nitrogen and oxygen atoms in total. The van der Waals surface area contributed by atoms with Crippen LogP contribution in [-0.4, -0.2) is 38.8 Å². The number of hydrogen-bond acceptors (Lipinski definition) is 4. The molecule has 0 unspecified atom stereocenters. The number of piperazine rings is 1. The second kappa shape index (κ2) is 8.03. The van der Waals surface area contributed by atoms with E-state index in [-0.39, 0.29) is 12.6 Å². The summed E-state index contributed by atoms with van der Waals surface area (Å²) in [5, 5.41) is 0.757. The van der Waals surface area contributed by atoms with Crippen molar-refractivity contribution in [1.29, 1.82) is 0 Å². The third kappa shape index (κ3) is 4.31. The fourth-order valence-electron chi connectivity index (χ4n) is 2.84. The van der Waals surface area contributed by atoms with Gasteiger partial charge in [0.05, 0.1) is 18.7 Å². The Morgan fingerprint density at radius 2 is 1.96 bits per heavy atom. The van der Waals surface area contributed by atoms with Gasteiger partial charge in [0.15, 0.2) is 0 Å². The van der Waals surface area contributed by atoms with E-state index < -0.39 is 0 Å². The predicted octanol–water partition coefficient (Wildman–Crippen LogP) is 2.82. The zero-order chi connectivity index (χ0) is 17.6. The number of aromatic amines is 1. The van der Waals surface area contributed by atoms with Gasteiger partial charge in [-0.1, -0.05) is 30.3 Å². The van der Waals surface area contributed by atoms with E-state index >= 15 is 0 Å². The number of nitrogens with zero attached hydrogens (tertiary/aromatic N) is 2. The molecule has 0 amide bonds. The van der Waals surface area contributed by atoms with E-state index in [2.05, 4.69) is 27.4 Å². The molecular formula is C19H21ClN3O2+. The van der Waals surface area contributed by atoms with Crippen molar-refractivity contribution in [2.45, 2.75) is 0 Å². The summed E-state index contributed by atoms with van der Waals surface area (Å²) in [5.74, 6) is 0.638. The van der Waals surface area contributed by atoms with Crippen molar-refractivity contribution >= 4 is 29.1 Å². The Labute approximate surface area is 152 Å². The number of hydrogen-bond donors (Lipinski definition) is 0.